The summed E-state index contributed by atoms with van der Waals surface area (Å²) >= 11 is 1.88. The Bertz CT molecular complexity index is 3890. The van der Waals surface area contributed by atoms with E-state index in [2.05, 4.69) is 269 Å². The van der Waals surface area contributed by atoms with Crippen molar-refractivity contribution in [2.45, 2.75) is 52.4 Å². The molecular formula is C66H54N2S. The van der Waals surface area contributed by atoms with Crippen LogP contribution in [0.5, 0.6) is 0 Å². The Morgan fingerprint density at radius 2 is 0.884 bits per heavy atom. The van der Waals surface area contributed by atoms with Crippen LogP contribution in [-0.4, -0.2) is 4.57 Å². The van der Waals surface area contributed by atoms with E-state index in [0.717, 1.165) is 33.8 Å². The molecule has 0 aliphatic carbocycles. The Hall–Kier alpha value is -7.72. The molecule has 0 aliphatic heterocycles. The largest absolute Gasteiger partial charge is 0.309 e. The van der Waals surface area contributed by atoms with E-state index in [1.54, 1.807) is 0 Å². The van der Waals surface area contributed by atoms with Crippen molar-refractivity contribution in [2.75, 3.05) is 4.90 Å². The first-order valence-corrected chi connectivity index (χ1v) is 25.0. The molecule has 2 heterocycles. The van der Waals surface area contributed by atoms with Crippen LogP contribution in [0.2, 0.25) is 0 Å². The van der Waals surface area contributed by atoms with Crippen LogP contribution in [0.4, 0.5) is 17.1 Å². The highest BCUT2D eigenvalue weighted by Gasteiger charge is 2.27. The highest BCUT2D eigenvalue weighted by molar-refractivity contribution is 7.26. The summed E-state index contributed by atoms with van der Waals surface area (Å²) in [4.78, 5) is 2.57. The van der Waals surface area contributed by atoms with Crippen LogP contribution in [-0.2, 0) is 10.8 Å². The van der Waals surface area contributed by atoms with Gasteiger partial charge in [-0.15, -0.1) is 11.3 Å². The molecule has 0 bridgehead atoms. The summed E-state index contributed by atoms with van der Waals surface area (Å²) in [5.41, 5.74) is 16.7. The lowest BCUT2D eigenvalue weighted by Gasteiger charge is -2.31. The van der Waals surface area contributed by atoms with Gasteiger partial charge in [0.05, 0.1) is 28.1 Å². The number of benzene rings is 10. The fourth-order valence-electron chi connectivity index (χ4n) is 10.6. The minimum absolute atomic E-state index is 0.0191. The number of anilines is 3. The van der Waals surface area contributed by atoms with E-state index in [0.29, 0.717) is 0 Å². The van der Waals surface area contributed by atoms with Gasteiger partial charge in [-0.05, 0) is 98.0 Å². The van der Waals surface area contributed by atoms with Crippen molar-refractivity contribution in [1.29, 1.82) is 0 Å². The molecule has 0 N–H and O–H groups in total. The van der Waals surface area contributed by atoms with Gasteiger partial charge < -0.3 is 9.47 Å². The Balaban J connectivity index is 1.18. The van der Waals surface area contributed by atoms with Crippen molar-refractivity contribution in [1.82, 2.24) is 4.57 Å². The van der Waals surface area contributed by atoms with E-state index < -0.39 is 0 Å². The Kier molecular flexibility index (Phi) is 10.2. The maximum Gasteiger partial charge on any atom is 0.0562 e. The first-order valence-electron chi connectivity index (χ1n) is 24.2. The molecule has 0 amide bonds. The third-order valence-corrected chi connectivity index (χ3v) is 15.3. The predicted molar refractivity (Wildman–Crippen MR) is 300 cm³/mol. The Morgan fingerprint density at radius 1 is 0.377 bits per heavy atom. The number of aromatic nitrogens is 1. The number of thiophene rings is 1. The van der Waals surface area contributed by atoms with Gasteiger partial charge in [0.1, 0.15) is 0 Å². The lowest BCUT2D eigenvalue weighted by molar-refractivity contribution is 0.569. The zero-order valence-corrected chi connectivity index (χ0v) is 40.9. The number of hydrogen-bond acceptors (Lipinski definition) is 2. The number of nitrogens with zero attached hydrogens (tertiary/aromatic N) is 2. The molecule has 69 heavy (non-hydrogen) atoms. The molecule has 0 spiro atoms. The molecule has 12 aromatic rings. The summed E-state index contributed by atoms with van der Waals surface area (Å²) in [5.74, 6) is 0. The zero-order chi connectivity index (χ0) is 47.0. The van der Waals surface area contributed by atoms with E-state index in [1.165, 1.54) is 86.2 Å². The van der Waals surface area contributed by atoms with Crippen LogP contribution in [0.3, 0.4) is 0 Å². The maximum atomic E-state index is 2.57. The SMILES string of the molecule is CC(C)(C)c1cc(-c2cccc3cccc(-c4ccccc4N(c4ccccc4-c4cccc5c4sc4ccccc45)c4cccc5c4c4ccccc4n5-c4ccccc4)c23)cc(C(C)(C)C)c1. The van der Waals surface area contributed by atoms with Crippen LogP contribution >= 0.6 is 11.3 Å². The van der Waals surface area contributed by atoms with Gasteiger partial charge in [-0.3, -0.25) is 0 Å². The van der Waals surface area contributed by atoms with Crippen LogP contribution < -0.4 is 4.90 Å². The summed E-state index contributed by atoms with van der Waals surface area (Å²) in [5, 5.41) is 7.46. The second kappa shape index (κ2) is 16.5. The highest BCUT2D eigenvalue weighted by Crippen LogP contribution is 2.52. The molecule has 0 unspecified atom stereocenters. The van der Waals surface area contributed by atoms with Crippen LogP contribution in [0.15, 0.2) is 218 Å². The first-order chi connectivity index (χ1) is 33.5. The molecule has 334 valence electrons. The van der Waals surface area contributed by atoms with Crippen molar-refractivity contribution in [2.24, 2.45) is 0 Å². The van der Waals surface area contributed by atoms with Crippen molar-refractivity contribution >= 4 is 81.1 Å². The van der Waals surface area contributed by atoms with Gasteiger partial charge in [0.2, 0.25) is 0 Å². The summed E-state index contributed by atoms with van der Waals surface area (Å²) in [7, 11) is 0. The van der Waals surface area contributed by atoms with E-state index in [4.69, 9.17) is 0 Å². The molecule has 2 aromatic heterocycles. The van der Waals surface area contributed by atoms with Gasteiger partial charge in [-0.2, -0.15) is 0 Å². The van der Waals surface area contributed by atoms with Gasteiger partial charge in [0.25, 0.3) is 0 Å². The maximum absolute atomic E-state index is 2.57. The van der Waals surface area contributed by atoms with E-state index in [1.807, 2.05) is 11.3 Å². The van der Waals surface area contributed by atoms with Crippen molar-refractivity contribution in [3.8, 4) is 39.1 Å². The molecule has 0 aliphatic rings. The van der Waals surface area contributed by atoms with E-state index in [-0.39, 0.29) is 10.8 Å². The first kappa shape index (κ1) is 42.6. The molecule has 2 nitrogen and oxygen atoms in total. The monoisotopic (exact) mass is 906 g/mol. The van der Waals surface area contributed by atoms with Crippen LogP contribution in [0.1, 0.15) is 52.7 Å². The summed E-state index contributed by atoms with van der Waals surface area (Å²) < 4.78 is 5.02. The fraction of sp³-hybridized carbons (Fsp3) is 0.121. The van der Waals surface area contributed by atoms with Gasteiger partial charge in [0, 0.05) is 53.3 Å². The van der Waals surface area contributed by atoms with Crippen molar-refractivity contribution < 1.29 is 0 Å². The lowest BCUT2D eigenvalue weighted by atomic mass is 9.78. The van der Waals surface area contributed by atoms with Crippen molar-refractivity contribution in [3.63, 3.8) is 0 Å². The molecule has 0 atom stereocenters. The lowest BCUT2D eigenvalue weighted by Crippen LogP contribution is -2.16. The summed E-state index contributed by atoms with van der Waals surface area (Å²) in [6.07, 6.45) is 0. The summed E-state index contributed by atoms with van der Waals surface area (Å²) in [6.45, 7) is 14.0. The van der Waals surface area contributed by atoms with Gasteiger partial charge in [0.15, 0.2) is 0 Å². The zero-order valence-electron chi connectivity index (χ0n) is 40.1. The topological polar surface area (TPSA) is 8.17 Å². The quantitative estimate of drug-likeness (QED) is 0.155. The Morgan fingerprint density at radius 3 is 1.59 bits per heavy atom. The summed E-state index contributed by atoms with van der Waals surface area (Å²) in [6, 6.07) is 81.4. The second-order valence-corrected chi connectivity index (χ2v) is 21.6. The Labute approximate surface area is 409 Å². The second-order valence-electron chi connectivity index (χ2n) is 20.5. The van der Waals surface area contributed by atoms with E-state index >= 15 is 0 Å². The van der Waals surface area contributed by atoms with E-state index in [9.17, 15) is 0 Å². The molecule has 12 rings (SSSR count). The third kappa shape index (κ3) is 7.23. The number of hydrogen-bond donors (Lipinski definition) is 0. The number of fused-ring (bicyclic) bond motifs is 7. The average Bonchev–Trinajstić information content (AvgIpc) is 3.93. The van der Waals surface area contributed by atoms with Gasteiger partial charge >= 0.3 is 0 Å². The van der Waals surface area contributed by atoms with Gasteiger partial charge in [-0.1, -0.05) is 211 Å². The molecule has 0 saturated heterocycles. The molecule has 0 saturated carbocycles. The standard InChI is InChI=1S/C66H54N2S/c1-65(2,3)45-40-44(41-46(42-45)66(4,5)6)48-30-18-22-43-23-19-31-52(62(43)48)49-26-10-14-34-56(49)68(57-35-15-11-27-50(57)53-32-20-33-54-51-28-13-17-39-61(51)69-64(53)54)60-38-21-37-59-63(60)55-29-12-16-36-58(55)67(59)47-24-8-7-9-25-47/h7-42H,1-6H3. The smallest absolute Gasteiger partial charge is 0.0562 e. The molecule has 3 heteroatoms. The minimum atomic E-state index is -0.0191. The van der Waals surface area contributed by atoms with Crippen LogP contribution in [0.25, 0.3) is 91.8 Å². The fourth-order valence-corrected chi connectivity index (χ4v) is 11.9. The highest BCUT2D eigenvalue weighted by atomic mass is 32.1. The normalized spacial score (nSPS) is 12.2. The molecular weight excluding hydrogens is 853 g/mol. The molecule has 10 aromatic carbocycles. The van der Waals surface area contributed by atoms with Crippen LogP contribution in [0, 0.1) is 0 Å². The molecule has 0 radical (unpaired) electrons. The van der Waals surface area contributed by atoms with Crippen molar-refractivity contribution in [3.05, 3.63) is 230 Å². The number of rotatable bonds is 7. The molecule has 0 fully saturated rings. The third-order valence-electron chi connectivity index (χ3n) is 14.1. The minimum Gasteiger partial charge on any atom is -0.309 e. The van der Waals surface area contributed by atoms with Gasteiger partial charge in [-0.25, -0.2) is 0 Å². The number of para-hydroxylation sites is 4. The average molecular weight is 907 g/mol. The predicted octanol–water partition coefficient (Wildman–Crippen LogP) is 19.4.